The average molecular weight is 254 g/mol. The highest BCUT2D eigenvalue weighted by atomic mass is 32.1. The fourth-order valence-corrected chi connectivity index (χ4v) is 1.23. The van der Waals surface area contributed by atoms with Gasteiger partial charge in [0.15, 0.2) is 5.69 Å². The molecule has 0 aromatic carbocycles. The van der Waals surface area contributed by atoms with E-state index < -0.39 is 5.97 Å². The second-order valence-electron chi connectivity index (χ2n) is 3.39. The third kappa shape index (κ3) is 3.95. The normalized spacial score (nSPS) is 9.76. The minimum atomic E-state index is -0.512. The molecule has 7 heteroatoms. The highest BCUT2D eigenvalue weighted by Gasteiger charge is 2.10. The van der Waals surface area contributed by atoms with E-state index in [4.69, 9.17) is 18.0 Å². The Bertz CT molecular complexity index is 425. The van der Waals surface area contributed by atoms with Crippen LogP contribution in [0.5, 0.6) is 0 Å². The lowest BCUT2D eigenvalue weighted by molar-refractivity contribution is 0.0593. The summed E-state index contributed by atoms with van der Waals surface area (Å²) in [5.74, 6) is 0.0613. The van der Waals surface area contributed by atoms with Crippen LogP contribution in [0.4, 0.5) is 5.82 Å². The topological polar surface area (TPSA) is 81.3 Å². The Morgan fingerprint density at radius 2 is 2.29 bits per heavy atom. The number of hydrogen-bond donors (Lipinski definition) is 1. The molecule has 92 valence electrons. The molecule has 2 N–H and O–H groups in total. The maximum Gasteiger partial charge on any atom is 0.358 e. The van der Waals surface area contributed by atoms with Gasteiger partial charge in [0.2, 0.25) is 0 Å². The number of hydrogen-bond acceptors (Lipinski definition) is 6. The van der Waals surface area contributed by atoms with Crippen molar-refractivity contribution in [1.29, 1.82) is 0 Å². The van der Waals surface area contributed by atoms with Crippen LogP contribution in [0.25, 0.3) is 0 Å². The Labute approximate surface area is 105 Å². The standard InChI is InChI=1S/C10H14N4O2S/c1-14(4-3-8(11)17)9-6-12-5-7(13-9)10(15)16-2/h5-6H,3-4H2,1-2H3,(H2,11,17). The highest BCUT2D eigenvalue weighted by Crippen LogP contribution is 2.08. The van der Waals surface area contributed by atoms with E-state index in [-0.39, 0.29) is 5.69 Å². The number of aromatic nitrogens is 2. The fraction of sp³-hybridized carbons (Fsp3) is 0.400. The summed E-state index contributed by atoms with van der Waals surface area (Å²) < 4.78 is 4.57. The Morgan fingerprint density at radius 1 is 1.59 bits per heavy atom. The summed E-state index contributed by atoms with van der Waals surface area (Å²) in [7, 11) is 3.12. The molecule has 1 aromatic heterocycles. The monoisotopic (exact) mass is 254 g/mol. The summed E-state index contributed by atoms with van der Waals surface area (Å²) in [6, 6.07) is 0. The number of ether oxygens (including phenoxy) is 1. The van der Waals surface area contributed by atoms with Gasteiger partial charge >= 0.3 is 5.97 Å². The van der Waals surface area contributed by atoms with Crippen molar-refractivity contribution in [1.82, 2.24) is 9.97 Å². The van der Waals surface area contributed by atoms with Crippen molar-refractivity contribution in [2.24, 2.45) is 5.73 Å². The van der Waals surface area contributed by atoms with E-state index in [9.17, 15) is 4.79 Å². The van der Waals surface area contributed by atoms with Crippen LogP contribution in [-0.4, -0.2) is 41.6 Å². The van der Waals surface area contributed by atoms with Crippen LogP contribution in [0, 0.1) is 0 Å². The lowest BCUT2D eigenvalue weighted by atomic mass is 10.4. The van der Waals surface area contributed by atoms with Gasteiger partial charge < -0.3 is 15.4 Å². The van der Waals surface area contributed by atoms with E-state index in [1.165, 1.54) is 13.3 Å². The molecule has 0 saturated heterocycles. The number of anilines is 1. The Morgan fingerprint density at radius 3 is 2.88 bits per heavy atom. The molecule has 0 aliphatic rings. The quantitative estimate of drug-likeness (QED) is 0.600. The van der Waals surface area contributed by atoms with Gasteiger partial charge in [0.05, 0.1) is 24.5 Å². The first kappa shape index (κ1) is 13.3. The third-order valence-corrected chi connectivity index (χ3v) is 2.31. The molecule has 0 bridgehead atoms. The van der Waals surface area contributed by atoms with Crippen molar-refractivity contribution >= 4 is 29.0 Å². The van der Waals surface area contributed by atoms with Crippen molar-refractivity contribution < 1.29 is 9.53 Å². The van der Waals surface area contributed by atoms with Gasteiger partial charge in [0, 0.05) is 20.0 Å². The van der Waals surface area contributed by atoms with Crippen LogP contribution < -0.4 is 10.6 Å². The minimum absolute atomic E-state index is 0.173. The lowest BCUT2D eigenvalue weighted by Gasteiger charge is -2.17. The van der Waals surface area contributed by atoms with Crippen LogP contribution in [0.15, 0.2) is 12.4 Å². The van der Waals surface area contributed by atoms with E-state index in [1.807, 2.05) is 11.9 Å². The second kappa shape index (κ2) is 6.09. The molecule has 1 heterocycles. The predicted octanol–water partition coefficient (Wildman–Crippen LogP) is 0.376. The maximum absolute atomic E-state index is 11.3. The molecule has 0 saturated carbocycles. The molecule has 0 radical (unpaired) electrons. The summed E-state index contributed by atoms with van der Waals surface area (Å²) in [5, 5.41) is 0. The van der Waals surface area contributed by atoms with Crippen LogP contribution in [0.3, 0.4) is 0 Å². The smallest absolute Gasteiger partial charge is 0.358 e. The van der Waals surface area contributed by atoms with Crippen LogP contribution in [0.1, 0.15) is 16.9 Å². The van der Waals surface area contributed by atoms with Crippen molar-refractivity contribution in [2.45, 2.75) is 6.42 Å². The first-order valence-electron chi connectivity index (χ1n) is 4.94. The van der Waals surface area contributed by atoms with Gasteiger partial charge in [-0.3, -0.25) is 4.98 Å². The number of carbonyl (C=O) groups excluding carboxylic acids is 1. The molecule has 0 aliphatic carbocycles. The Balaban J connectivity index is 2.76. The molecule has 0 amide bonds. The van der Waals surface area contributed by atoms with Crippen molar-refractivity contribution in [3.63, 3.8) is 0 Å². The van der Waals surface area contributed by atoms with Gasteiger partial charge in [-0.05, 0) is 0 Å². The average Bonchev–Trinajstić information content (AvgIpc) is 2.35. The highest BCUT2D eigenvalue weighted by molar-refractivity contribution is 7.80. The van der Waals surface area contributed by atoms with Gasteiger partial charge in [-0.25, -0.2) is 9.78 Å². The number of rotatable bonds is 5. The number of nitrogens with two attached hydrogens (primary N) is 1. The molecule has 1 rings (SSSR count). The van der Waals surface area contributed by atoms with Gasteiger partial charge in [0.25, 0.3) is 0 Å². The molecular formula is C10H14N4O2S. The first-order valence-corrected chi connectivity index (χ1v) is 5.35. The first-order chi connectivity index (χ1) is 8.04. The van der Waals surface area contributed by atoms with Crippen molar-refractivity contribution in [2.75, 3.05) is 25.6 Å². The molecule has 1 aromatic rings. The fourth-order valence-electron chi connectivity index (χ4n) is 1.13. The molecule has 0 aliphatic heterocycles. The Kier molecular flexibility index (Phi) is 4.77. The maximum atomic E-state index is 11.3. The lowest BCUT2D eigenvalue weighted by Crippen LogP contribution is -2.24. The predicted molar refractivity (Wildman–Crippen MR) is 68.0 cm³/mol. The number of methoxy groups -OCH3 is 1. The van der Waals surface area contributed by atoms with Gasteiger partial charge in [-0.2, -0.15) is 0 Å². The van der Waals surface area contributed by atoms with Gasteiger partial charge in [-0.15, -0.1) is 0 Å². The molecule has 0 spiro atoms. The van der Waals surface area contributed by atoms with Gasteiger partial charge in [-0.1, -0.05) is 12.2 Å². The second-order valence-corrected chi connectivity index (χ2v) is 3.92. The molecular weight excluding hydrogens is 240 g/mol. The largest absolute Gasteiger partial charge is 0.464 e. The molecule has 17 heavy (non-hydrogen) atoms. The summed E-state index contributed by atoms with van der Waals surface area (Å²) in [5.41, 5.74) is 5.59. The van der Waals surface area contributed by atoms with E-state index in [0.717, 1.165) is 0 Å². The summed E-state index contributed by atoms with van der Waals surface area (Å²) in [6.07, 6.45) is 3.50. The SMILES string of the molecule is COC(=O)c1cncc(N(C)CCC(N)=S)n1. The third-order valence-electron chi connectivity index (χ3n) is 2.10. The number of carbonyl (C=O) groups is 1. The molecule has 0 unspecified atom stereocenters. The van der Waals surface area contributed by atoms with Crippen molar-refractivity contribution in [3.05, 3.63) is 18.1 Å². The van der Waals surface area contributed by atoms with E-state index in [2.05, 4.69) is 14.7 Å². The summed E-state index contributed by atoms with van der Waals surface area (Å²) in [4.78, 5) is 21.6. The molecule has 0 fully saturated rings. The minimum Gasteiger partial charge on any atom is -0.464 e. The number of esters is 1. The Hall–Kier alpha value is -1.76. The van der Waals surface area contributed by atoms with Gasteiger partial charge in [0.1, 0.15) is 5.82 Å². The van der Waals surface area contributed by atoms with Crippen LogP contribution in [0.2, 0.25) is 0 Å². The van der Waals surface area contributed by atoms with E-state index in [1.54, 1.807) is 6.20 Å². The van der Waals surface area contributed by atoms with Crippen molar-refractivity contribution in [3.8, 4) is 0 Å². The van der Waals surface area contributed by atoms with Crippen LogP contribution >= 0.6 is 12.2 Å². The number of thiocarbonyl (C=S) groups is 1. The van der Waals surface area contributed by atoms with E-state index >= 15 is 0 Å². The van der Waals surface area contributed by atoms with E-state index in [0.29, 0.717) is 23.8 Å². The zero-order valence-electron chi connectivity index (χ0n) is 9.71. The zero-order chi connectivity index (χ0) is 12.8. The number of nitrogens with zero attached hydrogens (tertiary/aromatic N) is 3. The molecule has 0 atom stereocenters. The molecule has 6 nitrogen and oxygen atoms in total. The summed E-state index contributed by atoms with van der Waals surface area (Å²) >= 11 is 4.79. The zero-order valence-corrected chi connectivity index (χ0v) is 10.5. The summed E-state index contributed by atoms with van der Waals surface area (Å²) in [6.45, 7) is 0.620. The van der Waals surface area contributed by atoms with Crippen LogP contribution in [-0.2, 0) is 4.74 Å².